The molecule has 110 valence electrons. The zero-order valence-electron chi connectivity index (χ0n) is 11.9. The summed E-state index contributed by atoms with van der Waals surface area (Å²) in [5, 5.41) is 12.9. The summed E-state index contributed by atoms with van der Waals surface area (Å²) in [4.78, 5) is 0. The van der Waals surface area contributed by atoms with Gasteiger partial charge in [0.1, 0.15) is 11.6 Å². The minimum absolute atomic E-state index is 0.186. The lowest BCUT2D eigenvalue weighted by atomic mass is 9.91. The molecule has 2 aromatic carbocycles. The summed E-state index contributed by atoms with van der Waals surface area (Å²) < 4.78 is 13.5. The standard InChI is InChI=1S/C18H20FNO/c19-16-3-1-2-14(11-16)15(12-20-17-6-7-17)10-13-4-8-18(21)9-5-13/h1-5,8-9,11,15,17,20-21H,6-7,10,12H2. The molecule has 0 bridgehead atoms. The highest BCUT2D eigenvalue weighted by atomic mass is 19.1. The molecule has 1 aliphatic rings. The molecule has 0 amide bonds. The first-order chi connectivity index (χ1) is 10.2. The Morgan fingerprint density at radius 2 is 1.90 bits per heavy atom. The van der Waals surface area contributed by atoms with Crippen LogP contribution in [0.3, 0.4) is 0 Å². The second-order valence-electron chi connectivity index (χ2n) is 5.81. The first kappa shape index (κ1) is 14.1. The van der Waals surface area contributed by atoms with E-state index >= 15 is 0 Å². The van der Waals surface area contributed by atoms with Crippen LogP contribution in [0.15, 0.2) is 48.5 Å². The Kier molecular flexibility index (Phi) is 4.20. The van der Waals surface area contributed by atoms with Gasteiger partial charge in [-0.3, -0.25) is 0 Å². The second kappa shape index (κ2) is 6.27. The van der Waals surface area contributed by atoms with Crippen LogP contribution in [0.4, 0.5) is 4.39 Å². The molecule has 2 N–H and O–H groups in total. The molecule has 3 heteroatoms. The Morgan fingerprint density at radius 1 is 1.14 bits per heavy atom. The van der Waals surface area contributed by atoms with Crippen molar-refractivity contribution in [1.29, 1.82) is 0 Å². The summed E-state index contributed by atoms with van der Waals surface area (Å²) in [5.74, 6) is 0.331. The average molecular weight is 285 g/mol. The van der Waals surface area contributed by atoms with E-state index in [9.17, 15) is 9.50 Å². The van der Waals surface area contributed by atoms with Crippen LogP contribution in [0.5, 0.6) is 5.75 Å². The molecule has 21 heavy (non-hydrogen) atoms. The smallest absolute Gasteiger partial charge is 0.123 e. The highest BCUT2D eigenvalue weighted by Gasteiger charge is 2.22. The quantitative estimate of drug-likeness (QED) is 0.850. The highest BCUT2D eigenvalue weighted by molar-refractivity contribution is 5.29. The van der Waals surface area contributed by atoms with Crippen LogP contribution in [0.2, 0.25) is 0 Å². The largest absolute Gasteiger partial charge is 0.508 e. The molecular formula is C18H20FNO. The van der Waals surface area contributed by atoms with Crippen molar-refractivity contribution in [3.8, 4) is 5.75 Å². The first-order valence-corrected chi connectivity index (χ1v) is 7.47. The number of phenolic OH excluding ortho intramolecular Hbond substituents is 1. The van der Waals surface area contributed by atoms with E-state index in [1.165, 1.54) is 18.9 Å². The van der Waals surface area contributed by atoms with Crippen molar-refractivity contribution in [1.82, 2.24) is 5.32 Å². The summed E-state index contributed by atoms with van der Waals surface area (Å²) in [6, 6.07) is 14.8. The van der Waals surface area contributed by atoms with Crippen LogP contribution in [-0.2, 0) is 6.42 Å². The van der Waals surface area contributed by atoms with E-state index in [-0.39, 0.29) is 17.5 Å². The highest BCUT2D eigenvalue weighted by Crippen LogP contribution is 2.25. The molecule has 0 aromatic heterocycles. The van der Waals surface area contributed by atoms with Gasteiger partial charge in [0.25, 0.3) is 0 Å². The fourth-order valence-corrected chi connectivity index (χ4v) is 2.58. The SMILES string of the molecule is Oc1ccc(CC(CNC2CC2)c2cccc(F)c2)cc1. The summed E-state index contributed by atoms with van der Waals surface area (Å²) >= 11 is 0. The molecule has 3 rings (SSSR count). The van der Waals surface area contributed by atoms with Crippen molar-refractivity contribution in [3.05, 3.63) is 65.5 Å². The third-order valence-electron chi connectivity index (χ3n) is 3.97. The summed E-state index contributed by atoms with van der Waals surface area (Å²) in [6.45, 7) is 0.856. The van der Waals surface area contributed by atoms with E-state index < -0.39 is 0 Å². The maximum Gasteiger partial charge on any atom is 0.123 e. The van der Waals surface area contributed by atoms with Gasteiger partial charge in [-0.15, -0.1) is 0 Å². The monoisotopic (exact) mass is 285 g/mol. The zero-order chi connectivity index (χ0) is 14.7. The fraction of sp³-hybridized carbons (Fsp3) is 0.333. The Bertz CT molecular complexity index is 592. The van der Waals surface area contributed by atoms with Crippen LogP contribution >= 0.6 is 0 Å². The number of hydrogen-bond donors (Lipinski definition) is 2. The molecule has 0 saturated heterocycles. The second-order valence-corrected chi connectivity index (χ2v) is 5.81. The number of aromatic hydroxyl groups is 1. The van der Waals surface area contributed by atoms with Gasteiger partial charge in [-0.05, 0) is 54.7 Å². The van der Waals surface area contributed by atoms with Crippen LogP contribution in [0, 0.1) is 5.82 Å². The van der Waals surface area contributed by atoms with Crippen molar-refractivity contribution in [2.75, 3.05) is 6.54 Å². The average Bonchev–Trinajstić information content (AvgIpc) is 3.30. The summed E-state index contributed by atoms with van der Waals surface area (Å²) in [7, 11) is 0. The number of hydrogen-bond acceptors (Lipinski definition) is 2. The molecule has 1 atom stereocenters. The lowest BCUT2D eigenvalue weighted by molar-refractivity contribution is 0.475. The van der Waals surface area contributed by atoms with E-state index in [0.29, 0.717) is 6.04 Å². The number of phenols is 1. The van der Waals surface area contributed by atoms with Gasteiger partial charge >= 0.3 is 0 Å². The molecule has 0 radical (unpaired) electrons. The lowest BCUT2D eigenvalue weighted by Crippen LogP contribution is -2.24. The molecule has 0 aliphatic heterocycles. The van der Waals surface area contributed by atoms with Gasteiger partial charge in [0.15, 0.2) is 0 Å². The van der Waals surface area contributed by atoms with Gasteiger partial charge in [0.05, 0.1) is 0 Å². The van der Waals surface area contributed by atoms with Gasteiger partial charge in [0, 0.05) is 18.5 Å². The van der Waals surface area contributed by atoms with Crippen molar-refractivity contribution in [2.24, 2.45) is 0 Å². The Balaban J connectivity index is 1.75. The van der Waals surface area contributed by atoms with Gasteiger partial charge in [-0.25, -0.2) is 4.39 Å². The Morgan fingerprint density at radius 3 is 2.57 bits per heavy atom. The van der Waals surface area contributed by atoms with Crippen LogP contribution in [-0.4, -0.2) is 17.7 Å². The molecule has 0 spiro atoms. The molecule has 1 unspecified atom stereocenters. The predicted molar refractivity (Wildman–Crippen MR) is 82.0 cm³/mol. The van der Waals surface area contributed by atoms with Gasteiger partial charge < -0.3 is 10.4 Å². The molecule has 2 nitrogen and oxygen atoms in total. The van der Waals surface area contributed by atoms with E-state index in [1.807, 2.05) is 18.2 Å². The van der Waals surface area contributed by atoms with E-state index in [2.05, 4.69) is 5.32 Å². The third kappa shape index (κ3) is 4.05. The van der Waals surface area contributed by atoms with Crippen molar-refractivity contribution in [3.63, 3.8) is 0 Å². The molecule has 1 aliphatic carbocycles. The first-order valence-electron chi connectivity index (χ1n) is 7.47. The molecule has 1 fully saturated rings. The fourth-order valence-electron chi connectivity index (χ4n) is 2.58. The molecule has 2 aromatic rings. The maximum atomic E-state index is 13.5. The van der Waals surface area contributed by atoms with Crippen LogP contribution in [0.1, 0.15) is 29.9 Å². The minimum atomic E-state index is -0.186. The van der Waals surface area contributed by atoms with Crippen molar-refractivity contribution < 1.29 is 9.50 Å². The Labute approximate surface area is 124 Å². The number of halogens is 1. The minimum Gasteiger partial charge on any atom is -0.508 e. The zero-order valence-corrected chi connectivity index (χ0v) is 11.9. The summed E-state index contributed by atoms with van der Waals surface area (Å²) in [5.41, 5.74) is 2.18. The number of nitrogens with one attached hydrogen (secondary N) is 1. The number of benzene rings is 2. The topological polar surface area (TPSA) is 32.3 Å². The van der Waals surface area contributed by atoms with Gasteiger partial charge in [0.2, 0.25) is 0 Å². The van der Waals surface area contributed by atoms with Crippen LogP contribution in [0.25, 0.3) is 0 Å². The van der Waals surface area contributed by atoms with E-state index in [0.717, 1.165) is 24.1 Å². The molecular weight excluding hydrogens is 265 g/mol. The molecule has 0 heterocycles. The van der Waals surface area contributed by atoms with Gasteiger partial charge in [-0.1, -0.05) is 24.3 Å². The van der Waals surface area contributed by atoms with E-state index in [4.69, 9.17) is 0 Å². The summed E-state index contributed by atoms with van der Waals surface area (Å²) in [6.07, 6.45) is 3.33. The lowest BCUT2D eigenvalue weighted by Gasteiger charge is -2.18. The van der Waals surface area contributed by atoms with Crippen LogP contribution < -0.4 is 5.32 Å². The van der Waals surface area contributed by atoms with Crippen molar-refractivity contribution >= 4 is 0 Å². The number of rotatable bonds is 6. The normalized spacial score (nSPS) is 15.9. The Hall–Kier alpha value is -1.87. The van der Waals surface area contributed by atoms with E-state index in [1.54, 1.807) is 24.3 Å². The third-order valence-corrected chi connectivity index (χ3v) is 3.97. The molecule has 1 saturated carbocycles. The predicted octanol–water partition coefficient (Wildman–Crippen LogP) is 3.61. The van der Waals surface area contributed by atoms with Gasteiger partial charge in [-0.2, -0.15) is 0 Å². The van der Waals surface area contributed by atoms with Crippen molar-refractivity contribution in [2.45, 2.75) is 31.2 Å². The maximum absolute atomic E-state index is 13.5.